The first kappa shape index (κ1) is 13.9. The number of hydrogen-bond donors (Lipinski definition) is 2. The molecule has 0 aliphatic heterocycles. The van der Waals surface area contributed by atoms with Crippen LogP contribution < -0.4 is 16.4 Å². The Hall–Kier alpha value is -3.08. The fourth-order valence-corrected chi connectivity index (χ4v) is 2.22. The third-order valence-corrected chi connectivity index (χ3v) is 3.36. The van der Waals surface area contributed by atoms with Crippen LogP contribution in [0.1, 0.15) is 0 Å². The van der Waals surface area contributed by atoms with Crippen LogP contribution in [-0.2, 0) is 0 Å². The molecule has 3 aromatic rings. The highest BCUT2D eigenvalue weighted by molar-refractivity contribution is 5.67. The van der Waals surface area contributed by atoms with E-state index in [9.17, 15) is 0 Å². The van der Waals surface area contributed by atoms with Crippen molar-refractivity contribution in [3.05, 3.63) is 60.7 Å². The lowest BCUT2D eigenvalue weighted by Crippen LogP contribution is -2.12. The molecule has 0 spiro atoms. The van der Waals surface area contributed by atoms with Gasteiger partial charge in [0.2, 0.25) is 0 Å². The van der Waals surface area contributed by atoms with Gasteiger partial charge in [-0.15, -0.1) is 0 Å². The second-order valence-electron chi connectivity index (χ2n) is 4.99. The first-order chi connectivity index (χ1) is 10.6. The van der Waals surface area contributed by atoms with E-state index in [1.807, 2.05) is 66.5 Å². The van der Waals surface area contributed by atoms with Gasteiger partial charge in [0.25, 0.3) is 0 Å². The van der Waals surface area contributed by atoms with Crippen molar-refractivity contribution in [2.24, 2.45) is 0 Å². The summed E-state index contributed by atoms with van der Waals surface area (Å²) in [6.45, 7) is 0. The normalized spacial score (nSPS) is 10.4. The molecule has 0 bridgehead atoms. The quantitative estimate of drug-likeness (QED) is 0.725. The monoisotopic (exact) mass is 291 g/mol. The summed E-state index contributed by atoms with van der Waals surface area (Å²) >= 11 is 0. The molecule has 1 heterocycles. The lowest BCUT2D eigenvalue weighted by Gasteiger charge is -2.19. The Balaban J connectivity index is 2.03. The fourth-order valence-electron chi connectivity index (χ4n) is 2.22. The largest absolute Gasteiger partial charge is 0.399 e. The number of nitrogens with two attached hydrogens (primary N) is 2. The lowest BCUT2D eigenvalue weighted by molar-refractivity contribution is 1.09. The maximum absolute atomic E-state index is 5.94. The van der Waals surface area contributed by atoms with Crippen LogP contribution >= 0.6 is 0 Å². The van der Waals surface area contributed by atoms with E-state index in [1.165, 1.54) is 0 Å². The van der Waals surface area contributed by atoms with Crippen molar-refractivity contribution in [1.29, 1.82) is 0 Å². The number of rotatable bonds is 3. The summed E-state index contributed by atoms with van der Waals surface area (Å²) in [4.78, 5) is 10.9. The van der Waals surface area contributed by atoms with Crippen molar-refractivity contribution < 1.29 is 0 Å². The zero-order chi connectivity index (χ0) is 15.5. The van der Waals surface area contributed by atoms with Gasteiger partial charge < -0.3 is 16.4 Å². The van der Waals surface area contributed by atoms with E-state index in [1.54, 1.807) is 6.07 Å². The Labute approximate surface area is 129 Å². The van der Waals surface area contributed by atoms with Gasteiger partial charge in [-0.05, 0) is 24.3 Å². The van der Waals surface area contributed by atoms with E-state index in [4.69, 9.17) is 11.5 Å². The zero-order valence-electron chi connectivity index (χ0n) is 12.3. The minimum Gasteiger partial charge on any atom is -0.399 e. The van der Waals surface area contributed by atoms with Crippen LogP contribution in [0.25, 0.3) is 11.4 Å². The van der Waals surface area contributed by atoms with Gasteiger partial charge in [-0.3, -0.25) is 0 Å². The molecule has 0 aliphatic rings. The Morgan fingerprint density at radius 1 is 0.864 bits per heavy atom. The van der Waals surface area contributed by atoms with Crippen LogP contribution in [0.2, 0.25) is 0 Å². The molecule has 2 aromatic carbocycles. The Morgan fingerprint density at radius 2 is 1.64 bits per heavy atom. The summed E-state index contributed by atoms with van der Waals surface area (Å²) in [5, 5.41) is 0. The first-order valence-electron chi connectivity index (χ1n) is 6.93. The summed E-state index contributed by atoms with van der Waals surface area (Å²) in [6, 6.07) is 19.2. The van der Waals surface area contributed by atoms with E-state index >= 15 is 0 Å². The molecule has 0 unspecified atom stereocenters. The second kappa shape index (κ2) is 5.73. The first-order valence-corrected chi connectivity index (χ1v) is 6.93. The van der Waals surface area contributed by atoms with Gasteiger partial charge in [0.1, 0.15) is 11.6 Å². The van der Waals surface area contributed by atoms with Gasteiger partial charge in [0.15, 0.2) is 5.82 Å². The van der Waals surface area contributed by atoms with E-state index in [0.717, 1.165) is 17.1 Å². The van der Waals surface area contributed by atoms with E-state index in [0.29, 0.717) is 17.3 Å². The number of aromatic nitrogens is 2. The Morgan fingerprint density at radius 3 is 2.36 bits per heavy atom. The van der Waals surface area contributed by atoms with Crippen LogP contribution in [0.5, 0.6) is 0 Å². The molecule has 3 rings (SSSR count). The summed E-state index contributed by atoms with van der Waals surface area (Å²) in [5.74, 6) is 1.71. The van der Waals surface area contributed by atoms with Crippen LogP contribution in [0.4, 0.5) is 23.0 Å². The van der Waals surface area contributed by atoms with E-state index < -0.39 is 0 Å². The van der Waals surface area contributed by atoms with Gasteiger partial charge >= 0.3 is 0 Å². The number of para-hydroxylation sites is 1. The SMILES string of the molecule is CN(c1ccccc1)c1cc(N)nc(-c2cccc(N)c2)n1. The summed E-state index contributed by atoms with van der Waals surface area (Å²) in [6.07, 6.45) is 0. The van der Waals surface area contributed by atoms with Crippen LogP contribution in [-0.4, -0.2) is 17.0 Å². The Kier molecular flexibility index (Phi) is 3.62. The van der Waals surface area contributed by atoms with Crippen molar-refractivity contribution in [3.8, 4) is 11.4 Å². The van der Waals surface area contributed by atoms with Crippen molar-refractivity contribution in [1.82, 2.24) is 9.97 Å². The average Bonchev–Trinajstić information content (AvgIpc) is 2.54. The highest BCUT2D eigenvalue weighted by atomic mass is 15.2. The van der Waals surface area contributed by atoms with Crippen molar-refractivity contribution in [2.45, 2.75) is 0 Å². The molecular formula is C17H17N5. The van der Waals surface area contributed by atoms with Crippen LogP contribution in [0, 0.1) is 0 Å². The molecule has 0 radical (unpaired) electrons. The van der Waals surface area contributed by atoms with Crippen molar-refractivity contribution >= 4 is 23.0 Å². The van der Waals surface area contributed by atoms with Crippen molar-refractivity contribution in [3.63, 3.8) is 0 Å². The van der Waals surface area contributed by atoms with Crippen LogP contribution in [0.15, 0.2) is 60.7 Å². The highest BCUT2D eigenvalue weighted by Gasteiger charge is 2.10. The predicted octanol–water partition coefficient (Wildman–Crippen LogP) is 3.08. The topological polar surface area (TPSA) is 81.1 Å². The molecule has 5 heteroatoms. The van der Waals surface area contributed by atoms with E-state index in [-0.39, 0.29) is 0 Å². The van der Waals surface area contributed by atoms with Gasteiger partial charge in [-0.1, -0.05) is 30.3 Å². The molecule has 5 nitrogen and oxygen atoms in total. The molecule has 4 N–H and O–H groups in total. The summed E-state index contributed by atoms with van der Waals surface area (Å²) in [7, 11) is 1.94. The molecule has 0 aliphatic carbocycles. The van der Waals surface area contributed by atoms with E-state index in [2.05, 4.69) is 9.97 Å². The highest BCUT2D eigenvalue weighted by Crippen LogP contribution is 2.26. The number of hydrogen-bond acceptors (Lipinski definition) is 5. The van der Waals surface area contributed by atoms with Crippen molar-refractivity contribution in [2.75, 3.05) is 23.4 Å². The van der Waals surface area contributed by atoms with Gasteiger partial charge in [-0.25, -0.2) is 9.97 Å². The number of benzene rings is 2. The number of anilines is 4. The molecule has 0 fully saturated rings. The van der Waals surface area contributed by atoms with Gasteiger partial charge in [-0.2, -0.15) is 0 Å². The minimum atomic E-state index is 0.421. The molecule has 110 valence electrons. The van der Waals surface area contributed by atoms with Gasteiger partial charge in [0, 0.05) is 30.1 Å². The number of nitrogen functional groups attached to an aromatic ring is 2. The number of nitrogens with zero attached hydrogens (tertiary/aromatic N) is 3. The molecule has 0 saturated carbocycles. The zero-order valence-corrected chi connectivity index (χ0v) is 12.3. The third kappa shape index (κ3) is 2.83. The molecule has 0 atom stereocenters. The third-order valence-electron chi connectivity index (χ3n) is 3.36. The predicted molar refractivity (Wildman–Crippen MR) is 90.8 cm³/mol. The summed E-state index contributed by atoms with van der Waals surface area (Å²) in [5.41, 5.74) is 14.3. The molecule has 1 aromatic heterocycles. The van der Waals surface area contributed by atoms with Crippen LogP contribution in [0.3, 0.4) is 0 Å². The minimum absolute atomic E-state index is 0.421. The molecular weight excluding hydrogens is 274 g/mol. The lowest BCUT2D eigenvalue weighted by atomic mass is 10.2. The maximum Gasteiger partial charge on any atom is 0.163 e. The smallest absolute Gasteiger partial charge is 0.163 e. The summed E-state index contributed by atoms with van der Waals surface area (Å²) < 4.78 is 0. The molecule has 22 heavy (non-hydrogen) atoms. The standard InChI is InChI=1S/C17H17N5/c1-22(14-8-3-2-4-9-14)16-11-15(19)20-17(21-16)12-6-5-7-13(18)10-12/h2-11H,18H2,1H3,(H2,19,20,21). The van der Waals surface area contributed by atoms with Gasteiger partial charge in [0.05, 0.1) is 0 Å². The fraction of sp³-hybridized carbons (Fsp3) is 0.0588. The second-order valence-corrected chi connectivity index (χ2v) is 4.99. The Bertz CT molecular complexity index is 786. The molecule has 0 amide bonds. The maximum atomic E-state index is 5.94. The average molecular weight is 291 g/mol. The molecule has 0 saturated heterocycles.